The highest BCUT2D eigenvalue weighted by molar-refractivity contribution is 7.03. The van der Waals surface area contributed by atoms with Crippen LogP contribution in [-0.4, -0.2) is 8.52 Å². The molecule has 1 aromatic rings. The van der Waals surface area contributed by atoms with Gasteiger partial charge in [-0.1, -0.05) is 19.3 Å². The van der Waals surface area contributed by atoms with Gasteiger partial charge < -0.3 is 0 Å². The van der Waals surface area contributed by atoms with E-state index in [4.69, 9.17) is 0 Å². The molecule has 0 aromatic carbocycles. The Balaban J connectivity index is 2.35. The lowest BCUT2D eigenvalue weighted by molar-refractivity contribution is 0.359. The number of aromatic nitrogens is 2. The number of hydrogen-bond donors (Lipinski definition) is 0. The molecular weight excluding hydrogens is 212 g/mol. The first-order valence-electron chi connectivity index (χ1n) is 5.56. The van der Waals surface area contributed by atoms with E-state index in [9.17, 15) is 9.59 Å². The summed E-state index contributed by atoms with van der Waals surface area (Å²) >= 11 is 1.08. The first kappa shape index (κ1) is 10.7. The fourth-order valence-corrected chi connectivity index (χ4v) is 3.19. The minimum atomic E-state index is -0.118. The maximum atomic E-state index is 11.9. The molecule has 84 valence electrons. The van der Waals surface area contributed by atoms with E-state index < -0.39 is 0 Å². The second-order valence-electron chi connectivity index (χ2n) is 4.00. The van der Waals surface area contributed by atoms with Crippen molar-refractivity contribution in [1.82, 2.24) is 8.52 Å². The molecule has 1 saturated carbocycles. The zero-order chi connectivity index (χ0) is 10.8. The average molecular weight is 228 g/mol. The monoisotopic (exact) mass is 228 g/mol. The molecule has 0 spiro atoms. The van der Waals surface area contributed by atoms with Crippen LogP contribution in [-0.2, 0) is 6.54 Å². The summed E-state index contributed by atoms with van der Waals surface area (Å²) in [5.41, 5.74) is -0.112. The van der Waals surface area contributed by atoms with Gasteiger partial charge in [-0.15, -0.1) is 0 Å². The van der Waals surface area contributed by atoms with Crippen LogP contribution >= 0.6 is 11.5 Å². The smallest absolute Gasteiger partial charge is 0.255 e. The molecule has 0 bridgehead atoms. The van der Waals surface area contributed by atoms with Crippen LogP contribution in [0.1, 0.15) is 45.1 Å². The predicted molar refractivity (Wildman–Crippen MR) is 60.6 cm³/mol. The van der Waals surface area contributed by atoms with E-state index in [1.807, 2.05) is 6.92 Å². The Morgan fingerprint density at radius 2 is 1.93 bits per heavy atom. The van der Waals surface area contributed by atoms with Gasteiger partial charge in [-0.3, -0.25) is 4.79 Å². The van der Waals surface area contributed by atoms with Gasteiger partial charge in [0.05, 0.1) is 0 Å². The summed E-state index contributed by atoms with van der Waals surface area (Å²) in [7, 11) is 0. The molecule has 1 aliphatic carbocycles. The van der Waals surface area contributed by atoms with Gasteiger partial charge in [-0.2, -0.15) is 0 Å². The Bertz CT molecular complexity index is 437. The summed E-state index contributed by atoms with van der Waals surface area (Å²) in [6.07, 6.45) is 5.70. The van der Waals surface area contributed by atoms with Crippen LogP contribution in [0.3, 0.4) is 0 Å². The molecule has 1 heterocycles. The summed E-state index contributed by atoms with van der Waals surface area (Å²) in [5.74, 6) is 0. The van der Waals surface area contributed by atoms with Crippen LogP contribution in [0.2, 0.25) is 0 Å². The van der Waals surface area contributed by atoms with Crippen LogP contribution in [0.5, 0.6) is 0 Å². The zero-order valence-electron chi connectivity index (χ0n) is 8.94. The largest absolute Gasteiger partial charge is 0.341 e. The van der Waals surface area contributed by atoms with Gasteiger partial charge in [-0.25, -0.2) is 13.3 Å². The summed E-state index contributed by atoms with van der Waals surface area (Å²) in [6.45, 7) is 2.31. The first-order chi connectivity index (χ1) is 7.24. The molecule has 0 aliphatic heterocycles. The summed E-state index contributed by atoms with van der Waals surface area (Å²) in [5, 5.41) is 0. The first-order valence-corrected chi connectivity index (χ1v) is 6.34. The van der Waals surface area contributed by atoms with Gasteiger partial charge in [0.1, 0.15) is 0 Å². The molecule has 5 heteroatoms. The zero-order valence-corrected chi connectivity index (χ0v) is 9.76. The predicted octanol–water partition coefficient (Wildman–Crippen LogP) is 1.60. The molecule has 1 aliphatic rings. The van der Waals surface area contributed by atoms with E-state index in [1.54, 1.807) is 3.96 Å². The number of nitrogens with zero attached hydrogens (tertiary/aromatic N) is 2. The van der Waals surface area contributed by atoms with Crippen molar-refractivity contribution < 1.29 is 0 Å². The Morgan fingerprint density at radius 1 is 1.27 bits per heavy atom. The minimum absolute atomic E-state index is 0.112. The normalized spacial score (nSPS) is 18.2. The van der Waals surface area contributed by atoms with E-state index in [0.717, 1.165) is 24.4 Å². The van der Waals surface area contributed by atoms with Gasteiger partial charge in [0.25, 0.3) is 0 Å². The highest BCUT2D eigenvalue weighted by Crippen LogP contribution is 2.27. The highest BCUT2D eigenvalue weighted by atomic mass is 32.1. The quantitative estimate of drug-likeness (QED) is 0.771. The van der Waals surface area contributed by atoms with Crippen molar-refractivity contribution in [2.75, 3.05) is 0 Å². The van der Waals surface area contributed by atoms with E-state index in [0.29, 0.717) is 6.54 Å². The van der Waals surface area contributed by atoms with Crippen molar-refractivity contribution in [3.63, 3.8) is 0 Å². The summed E-state index contributed by atoms with van der Waals surface area (Å²) < 4.78 is 3.00. The summed E-state index contributed by atoms with van der Waals surface area (Å²) in [4.78, 5) is 23.2. The van der Waals surface area contributed by atoms with Crippen molar-refractivity contribution in [3.05, 3.63) is 20.2 Å². The van der Waals surface area contributed by atoms with Gasteiger partial charge in [-0.05, 0) is 19.8 Å². The van der Waals surface area contributed by atoms with E-state index in [-0.39, 0.29) is 16.6 Å². The lowest BCUT2D eigenvalue weighted by Gasteiger charge is -2.20. The topological polar surface area (TPSA) is 44.0 Å². The third kappa shape index (κ3) is 1.93. The molecule has 0 atom stereocenters. The fourth-order valence-electron chi connectivity index (χ4n) is 2.18. The van der Waals surface area contributed by atoms with Crippen LogP contribution in [0.4, 0.5) is 0 Å². The molecule has 15 heavy (non-hydrogen) atoms. The van der Waals surface area contributed by atoms with Crippen LogP contribution < -0.4 is 10.6 Å². The minimum Gasteiger partial charge on any atom is -0.255 e. The fraction of sp³-hybridized carbons (Fsp3) is 0.800. The van der Waals surface area contributed by atoms with Crippen molar-refractivity contribution in [3.8, 4) is 0 Å². The lowest BCUT2D eigenvalue weighted by atomic mass is 9.96. The summed E-state index contributed by atoms with van der Waals surface area (Å²) in [6, 6.07) is 0.275. The van der Waals surface area contributed by atoms with E-state index in [1.165, 1.54) is 23.8 Å². The second kappa shape index (κ2) is 4.35. The molecular formula is C10H16N2O2S. The van der Waals surface area contributed by atoms with E-state index in [2.05, 4.69) is 0 Å². The van der Waals surface area contributed by atoms with Crippen molar-refractivity contribution in [1.29, 1.82) is 0 Å². The van der Waals surface area contributed by atoms with Crippen molar-refractivity contribution >= 4 is 11.5 Å². The van der Waals surface area contributed by atoms with Gasteiger partial charge in [0, 0.05) is 24.1 Å². The molecule has 0 saturated heterocycles. The number of rotatable bonds is 2. The Kier molecular flexibility index (Phi) is 3.09. The van der Waals surface area contributed by atoms with Crippen molar-refractivity contribution in [2.45, 2.75) is 51.6 Å². The third-order valence-electron chi connectivity index (χ3n) is 3.04. The van der Waals surface area contributed by atoms with E-state index >= 15 is 0 Å². The van der Waals surface area contributed by atoms with Gasteiger partial charge in [0.2, 0.25) is 0 Å². The number of hydrogen-bond acceptors (Lipinski definition) is 3. The second-order valence-corrected chi connectivity index (χ2v) is 4.93. The SMILES string of the molecule is CCn1c(=O)sn(C2CCCCC2)c1=O. The highest BCUT2D eigenvalue weighted by Gasteiger charge is 2.20. The molecule has 1 fully saturated rings. The Hall–Kier alpha value is -0.840. The molecule has 0 radical (unpaired) electrons. The molecule has 1 aromatic heterocycles. The van der Waals surface area contributed by atoms with Gasteiger partial charge in [0.15, 0.2) is 0 Å². The van der Waals surface area contributed by atoms with Gasteiger partial charge >= 0.3 is 10.6 Å². The maximum absolute atomic E-state index is 11.9. The van der Waals surface area contributed by atoms with Crippen LogP contribution in [0.15, 0.2) is 9.59 Å². The van der Waals surface area contributed by atoms with Crippen molar-refractivity contribution in [2.24, 2.45) is 0 Å². The average Bonchev–Trinajstić information content (AvgIpc) is 2.55. The molecule has 4 nitrogen and oxygen atoms in total. The molecule has 0 unspecified atom stereocenters. The standard InChI is InChI=1S/C10H16N2O2S/c1-2-11-9(13)12(15-10(11)14)8-6-4-3-5-7-8/h8H,2-7H2,1H3. The Morgan fingerprint density at radius 3 is 2.47 bits per heavy atom. The third-order valence-corrected chi connectivity index (χ3v) is 4.07. The van der Waals surface area contributed by atoms with Crippen LogP contribution in [0, 0.1) is 0 Å². The van der Waals surface area contributed by atoms with Crippen LogP contribution in [0.25, 0.3) is 0 Å². The Labute approximate surface area is 92.3 Å². The lowest BCUT2D eigenvalue weighted by Crippen LogP contribution is -2.30. The molecule has 2 rings (SSSR count). The maximum Gasteiger partial charge on any atom is 0.341 e. The molecule has 0 amide bonds. The molecule has 0 N–H and O–H groups in total.